The zero-order valence-electron chi connectivity index (χ0n) is 8.81. The van der Waals surface area contributed by atoms with Crippen molar-refractivity contribution in [3.8, 4) is 0 Å². The van der Waals surface area contributed by atoms with E-state index in [0.29, 0.717) is 16.6 Å². The second-order valence-electron chi connectivity index (χ2n) is 4.08. The van der Waals surface area contributed by atoms with E-state index in [2.05, 4.69) is 0 Å². The van der Waals surface area contributed by atoms with Crippen LogP contribution in [0, 0.1) is 12.3 Å². The minimum absolute atomic E-state index is 0.322. The van der Waals surface area contributed by atoms with Crippen molar-refractivity contribution in [2.45, 2.75) is 24.7 Å². The van der Waals surface area contributed by atoms with E-state index in [1.54, 1.807) is 12.1 Å². The standard InChI is InChI=1S/C12H15O2S/c1-2-10-5-7-12(8-6-10)15(13,14)9-11-3-4-11/h2,5-8,11H,3-4,9H2,1H3. The minimum Gasteiger partial charge on any atom is -0.224 e. The number of sulfone groups is 1. The van der Waals surface area contributed by atoms with Gasteiger partial charge in [-0.15, -0.1) is 0 Å². The molecule has 0 unspecified atom stereocenters. The third kappa shape index (κ3) is 2.59. The van der Waals surface area contributed by atoms with Crippen molar-refractivity contribution in [3.63, 3.8) is 0 Å². The number of rotatable bonds is 4. The van der Waals surface area contributed by atoms with Crippen LogP contribution in [-0.4, -0.2) is 14.2 Å². The van der Waals surface area contributed by atoms with Gasteiger partial charge >= 0.3 is 0 Å². The molecular formula is C12H15O2S. The predicted octanol–water partition coefficient (Wildman–Crippen LogP) is 2.44. The Morgan fingerprint density at radius 2 is 1.87 bits per heavy atom. The van der Waals surface area contributed by atoms with Crippen LogP contribution in [0.25, 0.3) is 0 Å². The molecule has 0 spiro atoms. The zero-order valence-corrected chi connectivity index (χ0v) is 9.63. The molecule has 0 heterocycles. The van der Waals surface area contributed by atoms with Crippen LogP contribution < -0.4 is 0 Å². The highest BCUT2D eigenvalue weighted by Crippen LogP contribution is 2.32. The summed E-state index contributed by atoms with van der Waals surface area (Å²) in [6, 6.07) is 7.10. The Hall–Kier alpha value is -0.830. The first-order valence-electron chi connectivity index (χ1n) is 5.24. The van der Waals surface area contributed by atoms with Gasteiger partial charge in [0.25, 0.3) is 0 Å². The average molecular weight is 223 g/mol. The van der Waals surface area contributed by atoms with Crippen molar-refractivity contribution in [3.05, 3.63) is 36.2 Å². The lowest BCUT2D eigenvalue weighted by atomic mass is 10.2. The Labute approximate surface area is 91.2 Å². The van der Waals surface area contributed by atoms with Gasteiger partial charge in [-0.2, -0.15) is 0 Å². The molecule has 15 heavy (non-hydrogen) atoms. The quantitative estimate of drug-likeness (QED) is 0.785. The first kappa shape index (κ1) is 10.7. The summed E-state index contributed by atoms with van der Waals surface area (Å²) in [5.41, 5.74) is 1.06. The smallest absolute Gasteiger partial charge is 0.178 e. The molecule has 1 aromatic rings. The first-order valence-corrected chi connectivity index (χ1v) is 6.89. The molecular weight excluding hydrogens is 208 g/mol. The highest BCUT2D eigenvalue weighted by Gasteiger charge is 2.28. The van der Waals surface area contributed by atoms with Crippen LogP contribution in [0.3, 0.4) is 0 Å². The normalized spacial score (nSPS) is 16.6. The molecule has 3 heteroatoms. The topological polar surface area (TPSA) is 34.1 Å². The molecule has 0 amide bonds. The molecule has 0 bridgehead atoms. The maximum atomic E-state index is 11.9. The zero-order chi connectivity index (χ0) is 10.9. The highest BCUT2D eigenvalue weighted by atomic mass is 32.2. The lowest BCUT2D eigenvalue weighted by molar-refractivity contribution is 0.592. The maximum Gasteiger partial charge on any atom is 0.178 e. The van der Waals surface area contributed by atoms with Gasteiger partial charge in [0, 0.05) is 0 Å². The van der Waals surface area contributed by atoms with E-state index < -0.39 is 9.84 Å². The van der Waals surface area contributed by atoms with Gasteiger partial charge in [0.15, 0.2) is 9.84 Å². The fourth-order valence-corrected chi connectivity index (χ4v) is 3.26. The summed E-state index contributed by atoms with van der Waals surface area (Å²) in [5.74, 6) is 0.731. The van der Waals surface area contributed by atoms with Crippen molar-refractivity contribution in [1.29, 1.82) is 0 Å². The molecule has 0 aromatic heterocycles. The van der Waals surface area contributed by atoms with Gasteiger partial charge in [-0.1, -0.05) is 19.1 Å². The molecule has 1 aromatic carbocycles. The van der Waals surface area contributed by atoms with Gasteiger partial charge in [-0.3, -0.25) is 0 Å². The Balaban J connectivity index is 2.19. The molecule has 1 radical (unpaired) electrons. The van der Waals surface area contributed by atoms with Crippen molar-refractivity contribution in [2.24, 2.45) is 5.92 Å². The molecule has 1 aliphatic carbocycles. The molecule has 0 aliphatic heterocycles. The number of benzene rings is 1. The third-order valence-electron chi connectivity index (χ3n) is 2.72. The second-order valence-corrected chi connectivity index (χ2v) is 6.12. The van der Waals surface area contributed by atoms with Crippen LogP contribution in [0.4, 0.5) is 0 Å². The van der Waals surface area contributed by atoms with Crippen molar-refractivity contribution in [1.82, 2.24) is 0 Å². The van der Waals surface area contributed by atoms with E-state index in [4.69, 9.17) is 0 Å². The van der Waals surface area contributed by atoms with E-state index in [0.717, 1.165) is 18.4 Å². The van der Waals surface area contributed by atoms with Gasteiger partial charge in [-0.05, 0) is 42.9 Å². The van der Waals surface area contributed by atoms with Crippen LogP contribution in [0.15, 0.2) is 29.2 Å². The Morgan fingerprint density at radius 1 is 1.27 bits per heavy atom. The predicted molar refractivity (Wildman–Crippen MR) is 60.3 cm³/mol. The maximum absolute atomic E-state index is 11.9. The van der Waals surface area contributed by atoms with E-state index >= 15 is 0 Å². The van der Waals surface area contributed by atoms with Crippen LogP contribution in [0.1, 0.15) is 25.3 Å². The largest absolute Gasteiger partial charge is 0.224 e. The third-order valence-corrected chi connectivity index (χ3v) is 4.63. The lowest BCUT2D eigenvalue weighted by Crippen LogP contribution is -2.08. The average Bonchev–Trinajstić information content (AvgIpc) is 3.01. The molecule has 1 saturated carbocycles. The second kappa shape index (κ2) is 3.97. The van der Waals surface area contributed by atoms with Crippen LogP contribution in [0.2, 0.25) is 0 Å². The molecule has 81 valence electrons. The van der Waals surface area contributed by atoms with Crippen LogP contribution >= 0.6 is 0 Å². The summed E-state index contributed by atoms with van der Waals surface area (Å²) in [6.45, 7) is 1.94. The van der Waals surface area contributed by atoms with Crippen molar-refractivity contribution in [2.75, 3.05) is 5.75 Å². The minimum atomic E-state index is -3.04. The fourth-order valence-electron chi connectivity index (χ4n) is 1.56. The van der Waals surface area contributed by atoms with Crippen LogP contribution in [0.5, 0.6) is 0 Å². The summed E-state index contributed by atoms with van der Waals surface area (Å²) in [6.07, 6.45) is 4.09. The fraction of sp³-hybridized carbons (Fsp3) is 0.417. The summed E-state index contributed by atoms with van der Waals surface area (Å²) in [7, 11) is -3.04. The monoisotopic (exact) mass is 223 g/mol. The van der Waals surface area contributed by atoms with Crippen LogP contribution in [-0.2, 0) is 9.84 Å². The van der Waals surface area contributed by atoms with Crippen molar-refractivity contribution >= 4 is 9.84 Å². The van der Waals surface area contributed by atoms with Gasteiger partial charge < -0.3 is 0 Å². The lowest BCUT2D eigenvalue weighted by Gasteiger charge is -2.03. The van der Waals surface area contributed by atoms with E-state index in [1.165, 1.54) is 0 Å². The Morgan fingerprint density at radius 3 is 2.33 bits per heavy atom. The van der Waals surface area contributed by atoms with Gasteiger partial charge in [0.1, 0.15) is 0 Å². The summed E-state index contributed by atoms with van der Waals surface area (Å²) in [5, 5.41) is 0. The van der Waals surface area contributed by atoms with E-state index in [-0.39, 0.29) is 0 Å². The highest BCUT2D eigenvalue weighted by molar-refractivity contribution is 7.91. The SMILES string of the molecule is C[CH]c1ccc(S(=O)(=O)CC2CC2)cc1. The molecule has 0 atom stereocenters. The first-order chi connectivity index (χ1) is 7.12. The van der Waals surface area contributed by atoms with Gasteiger partial charge in [-0.25, -0.2) is 8.42 Å². The Bertz CT molecular complexity index is 427. The number of hydrogen-bond acceptors (Lipinski definition) is 2. The number of hydrogen-bond donors (Lipinski definition) is 0. The van der Waals surface area contributed by atoms with Gasteiger partial charge in [0.2, 0.25) is 0 Å². The summed E-state index contributed by atoms with van der Waals surface area (Å²) >= 11 is 0. The van der Waals surface area contributed by atoms with Crippen molar-refractivity contribution < 1.29 is 8.42 Å². The molecule has 2 rings (SSSR count). The van der Waals surface area contributed by atoms with E-state index in [9.17, 15) is 8.42 Å². The summed E-state index contributed by atoms with van der Waals surface area (Å²) < 4.78 is 23.7. The molecule has 2 nitrogen and oxygen atoms in total. The Kier molecular flexibility index (Phi) is 2.83. The molecule has 1 fully saturated rings. The molecule has 1 aliphatic rings. The molecule has 0 saturated heterocycles. The van der Waals surface area contributed by atoms with Gasteiger partial charge in [0.05, 0.1) is 10.6 Å². The van der Waals surface area contributed by atoms with E-state index in [1.807, 2.05) is 25.5 Å². The molecule has 0 N–H and O–H groups in total. The summed E-state index contributed by atoms with van der Waals surface area (Å²) in [4.78, 5) is 0.458.